The average molecular weight is 564 g/mol. The second-order valence-corrected chi connectivity index (χ2v) is 10.5. The molecule has 0 aliphatic carbocycles. The van der Waals surface area contributed by atoms with Crippen molar-refractivity contribution in [3.05, 3.63) is 107 Å². The number of hydrogen-bond acceptors (Lipinski definition) is 7. The summed E-state index contributed by atoms with van der Waals surface area (Å²) in [5.41, 5.74) is 5.74. The van der Waals surface area contributed by atoms with Crippen LogP contribution >= 0.6 is 0 Å². The maximum Gasteiger partial charge on any atom is 0.0624 e. The van der Waals surface area contributed by atoms with Gasteiger partial charge in [-0.3, -0.25) is 20.0 Å². The molecule has 1 atom stereocenters. The molecule has 1 unspecified atom stereocenters. The van der Waals surface area contributed by atoms with Gasteiger partial charge in [-0.05, 0) is 47.2 Å². The summed E-state index contributed by atoms with van der Waals surface area (Å²) in [5, 5.41) is 10.5. The highest BCUT2D eigenvalue weighted by molar-refractivity contribution is 5.85. The van der Waals surface area contributed by atoms with Gasteiger partial charge in [0.05, 0.1) is 25.7 Å². The minimum Gasteiger partial charge on any atom is -0.313 e. The number of nitrogens with zero attached hydrogens (tertiary/aromatic N) is 4. The van der Waals surface area contributed by atoms with Crippen molar-refractivity contribution >= 4 is 24.9 Å². The number of benzene rings is 3. The van der Waals surface area contributed by atoms with Crippen molar-refractivity contribution in [3.8, 4) is 0 Å². The van der Waals surface area contributed by atoms with Crippen LogP contribution in [0.15, 0.2) is 98.8 Å². The molecule has 3 aromatic carbocycles. The van der Waals surface area contributed by atoms with E-state index in [9.17, 15) is 0 Å². The first-order valence-corrected chi connectivity index (χ1v) is 15.2. The fraction of sp³-hybridized carbons (Fsp3) is 0.371. The lowest BCUT2D eigenvalue weighted by molar-refractivity contribution is 0.513. The van der Waals surface area contributed by atoms with Crippen LogP contribution in [0.25, 0.3) is 0 Å². The summed E-state index contributed by atoms with van der Waals surface area (Å²) in [5.74, 6) is 0. The highest BCUT2D eigenvalue weighted by atomic mass is 14.9. The van der Waals surface area contributed by atoms with E-state index in [1.807, 2.05) is 24.9 Å². The Morgan fingerprint density at radius 2 is 1.12 bits per heavy atom. The van der Waals surface area contributed by atoms with Crippen molar-refractivity contribution in [1.29, 1.82) is 0 Å². The van der Waals surface area contributed by atoms with Crippen LogP contribution in [0.5, 0.6) is 0 Å². The van der Waals surface area contributed by atoms with E-state index in [1.165, 1.54) is 5.56 Å². The zero-order chi connectivity index (χ0) is 28.9. The van der Waals surface area contributed by atoms with E-state index < -0.39 is 0 Å². The van der Waals surface area contributed by atoms with Gasteiger partial charge in [0.1, 0.15) is 0 Å². The van der Waals surface area contributed by atoms with E-state index in [1.54, 1.807) is 0 Å². The normalized spacial score (nSPS) is 17.1. The SMILES string of the molecule is C1=NCCNCCN=Cc2ccc(cc2)C=NC(CCCCNCc2ccccc2)CNCCN=Cc2ccc1cc2. The van der Waals surface area contributed by atoms with Crippen LogP contribution in [-0.2, 0) is 6.54 Å². The number of aliphatic imine (C=N–C) groups is 4. The first kappa shape index (κ1) is 31.2. The number of unbranched alkanes of at least 4 members (excludes halogenated alkanes) is 1. The Morgan fingerprint density at radius 3 is 1.69 bits per heavy atom. The van der Waals surface area contributed by atoms with Crippen LogP contribution < -0.4 is 16.0 Å². The summed E-state index contributed by atoms with van der Waals surface area (Å²) in [6.45, 7) is 7.50. The summed E-state index contributed by atoms with van der Waals surface area (Å²) in [7, 11) is 0. The predicted molar refractivity (Wildman–Crippen MR) is 179 cm³/mol. The second-order valence-electron chi connectivity index (χ2n) is 10.5. The Morgan fingerprint density at radius 1 is 0.595 bits per heavy atom. The quantitative estimate of drug-likeness (QED) is 0.368. The summed E-state index contributed by atoms with van der Waals surface area (Å²) in [4.78, 5) is 18.7. The Labute approximate surface area is 251 Å². The van der Waals surface area contributed by atoms with E-state index in [0.29, 0.717) is 0 Å². The van der Waals surface area contributed by atoms with Gasteiger partial charge < -0.3 is 16.0 Å². The molecule has 7 heteroatoms. The Bertz CT molecular complexity index is 1250. The van der Waals surface area contributed by atoms with Gasteiger partial charge >= 0.3 is 0 Å². The molecule has 0 aromatic heterocycles. The average Bonchev–Trinajstić information content (AvgIpc) is 3.03. The van der Waals surface area contributed by atoms with Gasteiger partial charge in [-0.2, -0.15) is 0 Å². The molecule has 4 bridgehead atoms. The molecule has 7 rings (SSSR count). The van der Waals surface area contributed by atoms with Gasteiger partial charge in [0, 0.05) is 57.6 Å². The molecule has 0 radical (unpaired) electrons. The number of rotatable bonds is 7. The van der Waals surface area contributed by atoms with Crippen LogP contribution in [0.3, 0.4) is 0 Å². The van der Waals surface area contributed by atoms with Crippen molar-refractivity contribution in [2.45, 2.75) is 31.8 Å². The van der Waals surface area contributed by atoms with Gasteiger partial charge in [0.2, 0.25) is 0 Å². The highest BCUT2D eigenvalue weighted by Gasteiger charge is 2.06. The highest BCUT2D eigenvalue weighted by Crippen LogP contribution is 2.07. The van der Waals surface area contributed by atoms with Crippen molar-refractivity contribution in [2.75, 3.05) is 52.4 Å². The molecule has 0 spiro atoms. The zero-order valence-corrected chi connectivity index (χ0v) is 24.7. The lowest BCUT2D eigenvalue weighted by Gasteiger charge is -2.14. The lowest BCUT2D eigenvalue weighted by atomic mass is 10.1. The standard InChI is InChI=1S/C35H45N7/c1-2-6-30(7-3-1)24-37-17-5-4-8-35-29-41-23-22-40-27-32-11-9-31(10-12-32)25-38-20-18-36-19-21-39-26-33-13-15-34(16-14-33)28-42-35/h1-3,6-7,9-16,25-28,35-37,41H,4-5,8,17-24,29H2. The number of nitrogens with one attached hydrogen (secondary N) is 3. The van der Waals surface area contributed by atoms with E-state index in [2.05, 4.69) is 110 Å². The van der Waals surface area contributed by atoms with Crippen molar-refractivity contribution < 1.29 is 0 Å². The minimum absolute atomic E-state index is 0.226. The molecular formula is C35H45N7. The maximum atomic E-state index is 4.97. The van der Waals surface area contributed by atoms with E-state index >= 15 is 0 Å². The van der Waals surface area contributed by atoms with Crippen molar-refractivity contribution in [2.24, 2.45) is 20.0 Å². The summed E-state index contributed by atoms with van der Waals surface area (Å²) < 4.78 is 0. The Balaban J connectivity index is 1.30. The van der Waals surface area contributed by atoms with E-state index in [0.717, 1.165) is 100 Å². The van der Waals surface area contributed by atoms with Gasteiger partial charge in [0.15, 0.2) is 0 Å². The van der Waals surface area contributed by atoms with Crippen LogP contribution in [0.4, 0.5) is 0 Å². The van der Waals surface area contributed by atoms with Crippen LogP contribution in [0.1, 0.15) is 47.1 Å². The molecule has 0 amide bonds. The van der Waals surface area contributed by atoms with Gasteiger partial charge in [-0.25, -0.2) is 0 Å². The molecule has 3 aromatic rings. The summed E-state index contributed by atoms with van der Waals surface area (Å²) in [6.07, 6.45) is 11.1. The van der Waals surface area contributed by atoms with Crippen molar-refractivity contribution in [3.63, 3.8) is 0 Å². The first-order valence-electron chi connectivity index (χ1n) is 15.2. The lowest BCUT2D eigenvalue weighted by Crippen LogP contribution is -2.28. The third-order valence-corrected chi connectivity index (χ3v) is 6.97. The predicted octanol–water partition coefficient (Wildman–Crippen LogP) is 4.58. The molecule has 4 heterocycles. The molecule has 42 heavy (non-hydrogen) atoms. The van der Waals surface area contributed by atoms with Crippen LogP contribution in [0, 0.1) is 0 Å². The van der Waals surface area contributed by atoms with Crippen LogP contribution in [0.2, 0.25) is 0 Å². The number of hydrogen-bond donors (Lipinski definition) is 3. The van der Waals surface area contributed by atoms with Crippen LogP contribution in [-0.4, -0.2) is 83.3 Å². The molecule has 0 fully saturated rings. The summed E-state index contributed by atoms with van der Waals surface area (Å²) >= 11 is 0. The molecule has 220 valence electrons. The smallest absolute Gasteiger partial charge is 0.0624 e. The molecule has 3 N–H and O–H groups in total. The molecular weight excluding hydrogens is 518 g/mol. The van der Waals surface area contributed by atoms with Gasteiger partial charge in [0.25, 0.3) is 0 Å². The third kappa shape index (κ3) is 12.8. The monoisotopic (exact) mass is 563 g/mol. The minimum atomic E-state index is 0.226. The van der Waals surface area contributed by atoms with Gasteiger partial charge in [-0.1, -0.05) is 85.3 Å². The topological polar surface area (TPSA) is 85.5 Å². The van der Waals surface area contributed by atoms with Gasteiger partial charge in [-0.15, -0.1) is 0 Å². The fourth-order valence-corrected chi connectivity index (χ4v) is 4.55. The fourth-order valence-electron chi connectivity index (χ4n) is 4.55. The molecule has 4 aliphatic heterocycles. The molecule has 4 aliphatic rings. The zero-order valence-electron chi connectivity index (χ0n) is 24.7. The molecule has 0 saturated heterocycles. The maximum absolute atomic E-state index is 4.97. The largest absolute Gasteiger partial charge is 0.313 e. The van der Waals surface area contributed by atoms with Crippen molar-refractivity contribution in [1.82, 2.24) is 16.0 Å². The first-order chi connectivity index (χ1) is 20.8. The van der Waals surface area contributed by atoms with E-state index in [4.69, 9.17) is 4.99 Å². The molecule has 0 saturated carbocycles. The molecule has 7 nitrogen and oxygen atoms in total. The summed E-state index contributed by atoms with van der Waals surface area (Å²) in [6, 6.07) is 27.6. The second kappa shape index (κ2) is 19.4. The Hall–Kier alpha value is -3.78. The van der Waals surface area contributed by atoms with E-state index in [-0.39, 0.29) is 6.04 Å². The Kier molecular flexibility index (Phi) is 14.4. The third-order valence-electron chi connectivity index (χ3n) is 6.97.